The van der Waals surface area contributed by atoms with Crippen LogP contribution in [0.15, 0.2) is 76.4 Å². The highest BCUT2D eigenvalue weighted by Crippen LogP contribution is 2.43. The fourth-order valence-corrected chi connectivity index (χ4v) is 4.47. The van der Waals surface area contributed by atoms with Crippen LogP contribution in [0, 0.1) is 6.92 Å². The zero-order chi connectivity index (χ0) is 21.2. The Morgan fingerprint density at radius 2 is 1.81 bits per heavy atom. The number of carbonyl (C=O) groups excluding carboxylic acids is 1. The predicted molar refractivity (Wildman–Crippen MR) is 118 cm³/mol. The third-order valence-electron chi connectivity index (χ3n) is 5.06. The second-order valence-electron chi connectivity index (χ2n) is 7.51. The van der Waals surface area contributed by atoms with Gasteiger partial charge in [-0.15, -0.1) is 10.2 Å². The van der Waals surface area contributed by atoms with Crippen molar-refractivity contribution in [3.63, 3.8) is 0 Å². The van der Waals surface area contributed by atoms with Crippen molar-refractivity contribution in [2.45, 2.75) is 36.1 Å². The van der Waals surface area contributed by atoms with Crippen LogP contribution in [0.2, 0.25) is 0 Å². The van der Waals surface area contributed by atoms with Crippen molar-refractivity contribution in [1.82, 2.24) is 19.9 Å². The van der Waals surface area contributed by atoms with Crippen LogP contribution in [0.25, 0.3) is 5.69 Å². The number of hydrogen-bond acceptors (Lipinski definition) is 6. The largest absolute Gasteiger partial charge is 0.360 e. The molecule has 1 N–H and O–H groups in total. The maximum absolute atomic E-state index is 13.3. The number of anilines is 1. The van der Waals surface area contributed by atoms with Gasteiger partial charge in [0, 0.05) is 17.7 Å². The van der Waals surface area contributed by atoms with Gasteiger partial charge in [-0.05, 0) is 37.5 Å². The van der Waals surface area contributed by atoms with E-state index in [4.69, 9.17) is 4.52 Å². The molecule has 1 fully saturated rings. The van der Waals surface area contributed by atoms with Gasteiger partial charge in [-0.3, -0.25) is 9.36 Å². The fraction of sp³-hybridized carbons (Fsp3) is 0.217. The second kappa shape index (κ2) is 8.39. The number of rotatable bonds is 7. The standard InChI is InChI=1S/C23H21N5O2S/c1-15-14-19(27-30-15)24-22(29)20(16-8-4-2-5-9-16)31-23-26-25-21(17-12-13-17)28(23)18-10-6-3-7-11-18/h2-11,14,17,20H,12-13H2,1H3,(H,24,27,29). The van der Waals surface area contributed by atoms with Crippen LogP contribution in [0.3, 0.4) is 0 Å². The van der Waals surface area contributed by atoms with Crippen molar-refractivity contribution < 1.29 is 9.32 Å². The molecule has 156 valence electrons. The summed E-state index contributed by atoms with van der Waals surface area (Å²) in [6.45, 7) is 1.79. The van der Waals surface area contributed by atoms with E-state index in [9.17, 15) is 4.79 Å². The summed E-state index contributed by atoms with van der Waals surface area (Å²) in [6, 6.07) is 21.4. The van der Waals surface area contributed by atoms with E-state index in [1.165, 1.54) is 11.8 Å². The number of carbonyl (C=O) groups is 1. The highest BCUT2D eigenvalue weighted by molar-refractivity contribution is 8.00. The molecule has 1 unspecified atom stereocenters. The lowest BCUT2D eigenvalue weighted by molar-refractivity contribution is -0.115. The predicted octanol–water partition coefficient (Wildman–Crippen LogP) is 4.91. The monoisotopic (exact) mass is 431 g/mol. The molecule has 31 heavy (non-hydrogen) atoms. The Kier molecular flexibility index (Phi) is 5.30. The summed E-state index contributed by atoms with van der Waals surface area (Å²) in [4.78, 5) is 13.3. The van der Waals surface area contributed by atoms with Crippen molar-refractivity contribution in [3.05, 3.63) is 83.9 Å². The van der Waals surface area contributed by atoms with Crippen molar-refractivity contribution in [2.75, 3.05) is 5.32 Å². The number of aryl methyl sites for hydroxylation is 1. The van der Waals surface area contributed by atoms with E-state index in [1.54, 1.807) is 13.0 Å². The summed E-state index contributed by atoms with van der Waals surface area (Å²) in [5.41, 5.74) is 1.87. The van der Waals surface area contributed by atoms with Gasteiger partial charge in [-0.25, -0.2) is 0 Å². The number of benzene rings is 2. The van der Waals surface area contributed by atoms with E-state index in [-0.39, 0.29) is 5.91 Å². The fourth-order valence-electron chi connectivity index (χ4n) is 3.41. The molecule has 2 aromatic carbocycles. The third-order valence-corrected chi connectivity index (χ3v) is 6.26. The first-order valence-corrected chi connectivity index (χ1v) is 11.0. The van der Waals surface area contributed by atoms with Crippen molar-refractivity contribution in [2.24, 2.45) is 0 Å². The topological polar surface area (TPSA) is 85.8 Å². The number of nitrogens with zero attached hydrogens (tertiary/aromatic N) is 4. The number of hydrogen-bond donors (Lipinski definition) is 1. The van der Waals surface area contributed by atoms with Gasteiger partial charge >= 0.3 is 0 Å². The van der Waals surface area contributed by atoms with Crippen molar-refractivity contribution in [3.8, 4) is 5.69 Å². The second-order valence-corrected chi connectivity index (χ2v) is 8.58. The van der Waals surface area contributed by atoms with E-state index in [1.807, 2.05) is 60.7 Å². The minimum absolute atomic E-state index is 0.194. The SMILES string of the molecule is Cc1cc(NC(=O)C(Sc2nnc(C3CC3)n2-c2ccccc2)c2ccccc2)no1. The van der Waals surface area contributed by atoms with Crippen LogP contribution < -0.4 is 5.32 Å². The maximum atomic E-state index is 13.3. The first-order chi connectivity index (χ1) is 15.2. The summed E-state index contributed by atoms with van der Waals surface area (Å²) in [6.07, 6.45) is 2.23. The Labute approximate surface area is 183 Å². The molecule has 0 saturated heterocycles. The zero-order valence-corrected chi connectivity index (χ0v) is 17.7. The molecule has 0 aliphatic heterocycles. The average molecular weight is 432 g/mol. The molecule has 4 aromatic rings. The van der Waals surface area contributed by atoms with Crippen molar-refractivity contribution in [1.29, 1.82) is 0 Å². The lowest BCUT2D eigenvalue weighted by Crippen LogP contribution is -2.19. The average Bonchev–Trinajstić information content (AvgIpc) is 3.43. The van der Waals surface area contributed by atoms with Gasteiger partial charge in [-0.2, -0.15) is 0 Å². The molecule has 2 aromatic heterocycles. The molecular formula is C23H21N5O2S. The van der Waals surface area contributed by atoms with E-state index >= 15 is 0 Å². The molecule has 1 aliphatic carbocycles. The third kappa shape index (κ3) is 4.25. The van der Waals surface area contributed by atoms with E-state index in [2.05, 4.69) is 25.2 Å². The first-order valence-electron chi connectivity index (χ1n) is 10.2. The Morgan fingerprint density at radius 1 is 1.10 bits per heavy atom. The van der Waals surface area contributed by atoms with Crippen LogP contribution in [0.1, 0.15) is 41.2 Å². The number of aromatic nitrogens is 4. The molecule has 1 amide bonds. The smallest absolute Gasteiger partial charge is 0.243 e. The lowest BCUT2D eigenvalue weighted by atomic mass is 10.1. The number of amides is 1. The van der Waals surface area contributed by atoms with Gasteiger partial charge < -0.3 is 9.84 Å². The first kappa shape index (κ1) is 19.6. The van der Waals surface area contributed by atoms with E-state index < -0.39 is 5.25 Å². The minimum Gasteiger partial charge on any atom is -0.360 e. The zero-order valence-electron chi connectivity index (χ0n) is 16.9. The highest BCUT2D eigenvalue weighted by Gasteiger charge is 2.33. The molecule has 1 saturated carbocycles. The molecule has 0 bridgehead atoms. The number of thioether (sulfide) groups is 1. The van der Waals surface area contributed by atoms with Crippen LogP contribution in [0.4, 0.5) is 5.82 Å². The molecule has 1 atom stereocenters. The van der Waals surface area contributed by atoms with Gasteiger partial charge in [0.2, 0.25) is 5.91 Å². The minimum atomic E-state index is -0.531. The summed E-state index contributed by atoms with van der Waals surface area (Å²) in [5, 5.41) is 15.9. The molecule has 0 spiro atoms. The van der Waals surface area contributed by atoms with Gasteiger partial charge in [0.25, 0.3) is 0 Å². The van der Waals surface area contributed by atoms with Crippen LogP contribution in [-0.2, 0) is 4.79 Å². The molecular weight excluding hydrogens is 410 g/mol. The van der Waals surface area contributed by atoms with Crippen LogP contribution >= 0.6 is 11.8 Å². The number of para-hydroxylation sites is 1. The lowest BCUT2D eigenvalue weighted by Gasteiger charge is -2.17. The Balaban J connectivity index is 1.50. The summed E-state index contributed by atoms with van der Waals surface area (Å²) in [5.74, 6) is 2.21. The molecule has 8 heteroatoms. The summed E-state index contributed by atoms with van der Waals surface area (Å²) < 4.78 is 7.16. The van der Waals surface area contributed by atoms with E-state index in [0.29, 0.717) is 22.7 Å². The normalized spacial score (nSPS) is 14.4. The maximum Gasteiger partial charge on any atom is 0.243 e. The molecule has 0 radical (unpaired) electrons. The van der Waals surface area contributed by atoms with Gasteiger partial charge in [-0.1, -0.05) is 65.4 Å². The van der Waals surface area contributed by atoms with Crippen LogP contribution in [0.5, 0.6) is 0 Å². The van der Waals surface area contributed by atoms with Crippen molar-refractivity contribution >= 4 is 23.5 Å². The molecule has 7 nitrogen and oxygen atoms in total. The molecule has 5 rings (SSSR count). The van der Waals surface area contributed by atoms with Crippen LogP contribution in [-0.4, -0.2) is 25.8 Å². The Morgan fingerprint density at radius 3 is 2.45 bits per heavy atom. The Bertz CT molecular complexity index is 1190. The quantitative estimate of drug-likeness (QED) is 0.418. The van der Waals surface area contributed by atoms with Gasteiger partial charge in [0.05, 0.1) is 0 Å². The molecule has 2 heterocycles. The summed E-state index contributed by atoms with van der Waals surface area (Å²) >= 11 is 1.38. The molecule has 1 aliphatic rings. The van der Waals surface area contributed by atoms with Gasteiger partial charge in [0.15, 0.2) is 11.0 Å². The Hall–Kier alpha value is -3.39. The summed E-state index contributed by atoms with van der Waals surface area (Å²) in [7, 11) is 0. The highest BCUT2D eigenvalue weighted by atomic mass is 32.2. The number of nitrogens with one attached hydrogen (secondary N) is 1. The van der Waals surface area contributed by atoms with E-state index in [0.717, 1.165) is 29.9 Å². The van der Waals surface area contributed by atoms with Gasteiger partial charge in [0.1, 0.15) is 16.8 Å².